The molecule has 0 amide bonds. The number of benzene rings is 1. The number of rotatable bonds is 9. The van der Waals surface area contributed by atoms with Crippen LogP contribution in [0, 0.1) is 5.82 Å². The highest BCUT2D eigenvalue weighted by Gasteiger charge is 2.30. The maximum absolute atomic E-state index is 13.3. The van der Waals surface area contributed by atoms with Gasteiger partial charge in [-0.2, -0.15) is 0 Å². The monoisotopic (exact) mass is 268 g/mol. The van der Waals surface area contributed by atoms with E-state index in [1.54, 1.807) is 12.1 Å². The van der Waals surface area contributed by atoms with E-state index in [2.05, 4.69) is 6.92 Å². The summed E-state index contributed by atoms with van der Waals surface area (Å²) in [5.74, 6) is -0.324. The van der Waals surface area contributed by atoms with E-state index in [0.717, 1.165) is 12.8 Å². The van der Waals surface area contributed by atoms with Gasteiger partial charge in [0.05, 0.1) is 13.2 Å². The quantitative estimate of drug-likeness (QED) is 0.674. The molecule has 0 saturated carbocycles. The number of aliphatic hydroxyl groups excluding tert-OH is 2. The third kappa shape index (κ3) is 4.59. The molecule has 0 aliphatic heterocycles. The van der Waals surface area contributed by atoms with Crippen LogP contribution in [0.4, 0.5) is 4.39 Å². The average molecular weight is 268 g/mol. The molecule has 0 unspecified atom stereocenters. The van der Waals surface area contributed by atoms with Gasteiger partial charge in [-0.05, 0) is 24.1 Å². The predicted molar refractivity (Wildman–Crippen MR) is 75.6 cm³/mol. The Morgan fingerprint density at radius 3 is 2.32 bits per heavy atom. The van der Waals surface area contributed by atoms with Gasteiger partial charge in [-0.1, -0.05) is 51.2 Å². The fraction of sp³-hybridized carbons (Fsp3) is 0.625. The van der Waals surface area contributed by atoms with E-state index in [1.165, 1.54) is 31.4 Å². The van der Waals surface area contributed by atoms with Gasteiger partial charge < -0.3 is 10.2 Å². The van der Waals surface area contributed by atoms with Gasteiger partial charge in [-0.15, -0.1) is 0 Å². The number of hydrogen-bond donors (Lipinski definition) is 2. The van der Waals surface area contributed by atoms with Crippen molar-refractivity contribution in [2.45, 2.75) is 50.9 Å². The molecule has 0 spiro atoms. The molecule has 3 heteroatoms. The van der Waals surface area contributed by atoms with Gasteiger partial charge in [0.1, 0.15) is 5.82 Å². The molecular formula is C16H25FO2. The Balaban J connectivity index is 2.68. The van der Waals surface area contributed by atoms with Gasteiger partial charge in [-0.3, -0.25) is 0 Å². The number of halogens is 1. The van der Waals surface area contributed by atoms with Crippen LogP contribution >= 0.6 is 0 Å². The first-order chi connectivity index (χ1) is 9.18. The highest BCUT2D eigenvalue weighted by molar-refractivity contribution is 5.26. The van der Waals surface area contributed by atoms with Gasteiger partial charge in [0.2, 0.25) is 0 Å². The summed E-state index contributed by atoms with van der Waals surface area (Å²) in [7, 11) is 0. The molecule has 0 heterocycles. The molecule has 0 atom stereocenters. The van der Waals surface area contributed by atoms with Gasteiger partial charge in [-0.25, -0.2) is 4.39 Å². The Labute approximate surface area is 115 Å². The first-order valence-corrected chi connectivity index (χ1v) is 7.16. The molecule has 0 saturated heterocycles. The van der Waals surface area contributed by atoms with Gasteiger partial charge in [0.15, 0.2) is 0 Å². The van der Waals surface area contributed by atoms with Crippen molar-refractivity contribution in [2.75, 3.05) is 13.2 Å². The first kappa shape index (κ1) is 16.1. The maximum Gasteiger partial charge on any atom is 0.123 e. The molecule has 0 aliphatic carbocycles. The van der Waals surface area contributed by atoms with Crippen LogP contribution in [0.1, 0.15) is 51.0 Å². The van der Waals surface area contributed by atoms with E-state index in [1.807, 2.05) is 0 Å². The second-order valence-corrected chi connectivity index (χ2v) is 5.27. The summed E-state index contributed by atoms with van der Waals surface area (Å²) in [6, 6.07) is 6.20. The highest BCUT2D eigenvalue weighted by Crippen LogP contribution is 2.30. The Morgan fingerprint density at radius 1 is 1.05 bits per heavy atom. The fourth-order valence-electron chi connectivity index (χ4n) is 2.42. The van der Waals surface area contributed by atoms with Crippen LogP contribution in [-0.2, 0) is 5.41 Å². The third-order valence-electron chi connectivity index (χ3n) is 3.80. The summed E-state index contributed by atoms with van der Waals surface area (Å²) < 4.78 is 13.3. The lowest BCUT2D eigenvalue weighted by Gasteiger charge is -2.30. The van der Waals surface area contributed by atoms with Crippen molar-refractivity contribution in [3.63, 3.8) is 0 Å². The molecule has 1 rings (SSSR count). The van der Waals surface area contributed by atoms with Gasteiger partial charge in [0, 0.05) is 5.41 Å². The van der Waals surface area contributed by atoms with Gasteiger partial charge in [0.25, 0.3) is 0 Å². The number of hydrogen-bond acceptors (Lipinski definition) is 2. The molecular weight excluding hydrogens is 243 g/mol. The molecule has 0 bridgehead atoms. The smallest absolute Gasteiger partial charge is 0.123 e. The van der Waals surface area contributed by atoms with Crippen LogP contribution in [0.25, 0.3) is 0 Å². The second-order valence-electron chi connectivity index (χ2n) is 5.27. The second kappa shape index (κ2) is 8.28. The topological polar surface area (TPSA) is 40.5 Å². The summed E-state index contributed by atoms with van der Waals surface area (Å²) in [6.07, 6.45) is 6.29. The summed E-state index contributed by atoms with van der Waals surface area (Å²) in [6.45, 7) is 1.86. The first-order valence-electron chi connectivity index (χ1n) is 7.16. The van der Waals surface area contributed by atoms with Crippen LogP contribution in [0.15, 0.2) is 24.3 Å². The molecule has 2 N–H and O–H groups in total. The normalized spacial score (nSPS) is 11.8. The molecule has 0 fully saturated rings. The van der Waals surface area contributed by atoms with Gasteiger partial charge >= 0.3 is 0 Å². The van der Waals surface area contributed by atoms with Crippen LogP contribution in [-0.4, -0.2) is 23.4 Å². The SMILES string of the molecule is CCCCCCCC(CO)(CO)c1cccc(F)c1. The van der Waals surface area contributed by atoms with Crippen molar-refractivity contribution >= 4 is 0 Å². The molecule has 0 aliphatic rings. The van der Waals surface area contributed by atoms with Crippen LogP contribution in [0.3, 0.4) is 0 Å². The van der Waals surface area contributed by atoms with Crippen molar-refractivity contribution in [1.82, 2.24) is 0 Å². The van der Waals surface area contributed by atoms with Crippen LogP contribution in [0.2, 0.25) is 0 Å². The minimum Gasteiger partial charge on any atom is -0.395 e. The Morgan fingerprint density at radius 2 is 1.74 bits per heavy atom. The summed E-state index contributed by atoms with van der Waals surface area (Å²) in [4.78, 5) is 0. The lowest BCUT2D eigenvalue weighted by molar-refractivity contribution is 0.107. The van der Waals surface area contributed by atoms with Crippen LogP contribution < -0.4 is 0 Å². The summed E-state index contributed by atoms with van der Waals surface area (Å²) in [5.41, 5.74) is -0.0260. The average Bonchev–Trinajstić information content (AvgIpc) is 2.43. The van der Waals surface area contributed by atoms with Crippen molar-refractivity contribution < 1.29 is 14.6 Å². The van der Waals surface area contributed by atoms with Crippen molar-refractivity contribution in [3.8, 4) is 0 Å². The van der Waals surface area contributed by atoms with Crippen molar-refractivity contribution in [1.29, 1.82) is 0 Å². The minimum atomic E-state index is -0.714. The number of unbranched alkanes of at least 4 members (excludes halogenated alkanes) is 4. The molecule has 1 aromatic rings. The van der Waals surface area contributed by atoms with E-state index in [-0.39, 0.29) is 19.0 Å². The van der Waals surface area contributed by atoms with E-state index >= 15 is 0 Å². The molecule has 0 aromatic heterocycles. The Hall–Kier alpha value is -0.930. The Kier molecular flexibility index (Phi) is 7.03. The molecule has 0 radical (unpaired) electrons. The summed E-state index contributed by atoms with van der Waals surface area (Å²) in [5, 5.41) is 19.3. The largest absolute Gasteiger partial charge is 0.395 e. The van der Waals surface area contributed by atoms with E-state index in [4.69, 9.17) is 0 Å². The van der Waals surface area contributed by atoms with E-state index in [9.17, 15) is 14.6 Å². The Bertz CT molecular complexity index is 362. The van der Waals surface area contributed by atoms with Crippen molar-refractivity contribution in [2.24, 2.45) is 0 Å². The zero-order valence-corrected chi connectivity index (χ0v) is 11.7. The van der Waals surface area contributed by atoms with E-state index in [0.29, 0.717) is 12.0 Å². The molecule has 19 heavy (non-hydrogen) atoms. The standard InChI is InChI=1S/C16H25FO2/c1-2-3-4-5-6-10-16(12-18,13-19)14-8-7-9-15(17)11-14/h7-9,11,18-19H,2-6,10,12-13H2,1H3. The highest BCUT2D eigenvalue weighted by atomic mass is 19.1. The fourth-order valence-corrected chi connectivity index (χ4v) is 2.42. The molecule has 1 aromatic carbocycles. The lowest BCUT2D eigenvalue weighted by atomic mass is 9.77. The maximum atomic E-state index is 13.3. The van der Waals surface area contributed by atoms with Crippen molar-refractivity contribution in [3.05, 3.63) is 35.6 Å². The van der Waals surface area contributed by atoms with E-state index < -0.39 is 5.41 Å². The van der Waals surface area contributed by atoms with Crippen LogP contribution in [0.5, 0.6) is 0 Å². The third-order valence-corrected chi connectivity index (χ3v) is 3.80. The summed E-state index contributed by atoms with van der Waals surface area (Å²) >= 11 is 0. The lowest BCUT2D eigenvalue weighted by Crippen LogP contribution is -2.35. The zero-order valence-electron chi connectivity index (χ0n) is 11.7. The number of aliphatic hydroxyl groups is 2. The molecule has 2 nitrogen and oxygen atoms in total. The minimum absolute atomic E-state index is 0.152. The predicted octanol–water partition coefficient (Wildman–Crippen LogP) is 3.41. The molecule has 108 valence electrons. The zero-order chi connectivity index (χ0) is 14.1.